The number of halogens is 2. The number of nitrogens with one attached hydrogen (secondary N) is 1. The van der Waals surface area contributed by atoms with E-state index in [9.17, 15) is 22.0 Å². The highest BCUT2D eigenvalue weighted by Gasteiger charge is 2.27. The van der Waals surface area contributed by atoms with Gasteiger partial charge in [-0.15, -0.1) is 0 Å². The molecule has 9 heteroatoms. The minimum atomic E-state index is -4.12. The number of rotatable bonds is 7. The molecule has 0 aliphatic rings. The van der Waals surface area contributed by atoms with Gasteiger partial charge < -0.3 is 10.1 Å². The molecule has 0 unspecified atom stereocenters. The lowest BCUT2D eigenvalue weighted by atomic mass is 10.2. The molecule has 0 bridgehead atoms. The molecular formula is C22H20F2N2O4S. The van der Waals surface area contributed by atoms with E-state index in [2.05, 4.69) is 5.32 Å². The highest BCUT2D eigenvalue weighted by Crippen LogP contribution is 2.27. The molecule has 0 aliphatic heterocycles. The van der Waals surface area contributed by atoms with E-state index < -0.39 is 34.1 Å². The molecule has 0 saturated carbocycles. The van der Waals surface area contributed by atoms with Crippen LogP contribution in [-0.2, 0) is 14.8 Å². The largest absolute Gasteiger partial charge is 0.496 e. The SMILES string of the molecule is COc1ccc(S(=O)(=O)N(CC(=O)Nc2ccc(F)c(F)c2)c2ccccc2)cc1C. The Labute approximate surface area is 179 Å². The molecule has 0 radical (unpaired) electrons. The van der Waals surface area contributed by atoms with Crippen LogP contribution in [0.2, 0.25) is 0 Å². The summed E-state index contributed by atoms with van der Waals surface area (Å²) in [5, 5.41) is 2.39. The third kappa shape index (κ3) is 5.00. The second-order valence-corrected chi connectivity index (χ2v) is 8.52. The fourth-order valence-electron chi connectivity index (χ4n) is 2.95. The molecule has 0 fully saturated rings. The number of carbonyl (C=O) groups excluding carboxylic acids is 1. The lowest BCUT2D eigenvalue weighted by Gasteiger charge is -2.24. The highest BCUT2D eigenvalue weighted by atomic mass is 32.2. The summed E-state index contributed by atoms with van der Waals surface area (Å²) in [6, 6.07) is 15.4. The summed E-state index contributed by atoms with van der Waals surface area (Å²) in [6.07, 6.45) is 0. The molecule has 1 N–H and O–H groups in total. The van der Waals surface area contributed by atoms with E-state index >= 15 is 0 Å². The maximum atomic E-state index is 13.4. The summed E-state index contributed by atoms with van der Waals surface area (Å²) >= 11 is 0. The van der Waals surface area contributed by atoms with E-state index in [0.717, 1.165) is 16.4 Å². The topological polar surface area (TPSA) is 75.7 Å². The van der Waals surface area contributed by atoms with Gasteiger partial charge in [-0.1, -0.05) is 18.2 Å². The van der Waals surface area contributed by atoms with Crippen LogP contribution in [0.15, 0.2) is 71.6 Å². The molecule has 0 saturated heterocycles. The number of aryl methyl sites for hydroxylation is 1. The summed E-state index contributed by atoms with van der Waals surface area (Å²) in [5.41, 5.74) is 0.897. The highest BCUT2D eigenvalue weighted by molar-refractivity contribution is 7.92. The predicted octanol–water partition coefficient (Wildman–Crippen LogP) is 4.12. The Morgan fingerprint density at radius 1 is 1.00 bits per heavy atom. The zero-order valence-electron chi connectivity index (χ0n) is 16.8. The molecule has 31 heavy (non-hydrogen) atoms. The maximum Gasteiger partial charge on any atom is 0.264 e. The van der Waals surface area contributed by atoms with Gasteiger partial charge in [0.05, 0.1) is 17.7 Å². The van der Waals surface area contributed by atoms with Crippen molar-refractivity contribution in [2.45, 2.75) is 11.8 Å². The number of anilines is 2. The van der Waals surface area contributed by atoms with E-state index in [4.69, 9.17) is 4.74 Å². The molecular weight excluding hydrogens is 426 g/mol. The van der Waals surface area contributed by atoms with E-state index in [1.165, 1.54) is 31.4 Å². The fourth-order valence-corrected chi connectivity index (χ4v) is 4.46. The van der Waals surface area contributed by atoms with Gasteiger partial charge in [-0.3, -0.25) is 9.10 Å². The number of para-hydroxylation sites is 1. The van der Waals surface area contributed by atoms with Crippen LogP contribution in [-0.4, -0.2) is 28.0 Å². The number of amides is 1. The summed E-state index contributed by atoms with van der Waals surface area (Å²) in [5.74, 6) is -2.37. The first-order chi connectivity index (χ1) is 14.7. The molecule has 0 spiro atoms. The molecule has 3 rings (SSSR count). The van der Waals surface area contributed by atoms with Gasteiger partial charge in [0.25, 0.3) is 10.0 Å². The van der Waals surface area contributed by atoms with Crippen LogP contribution in [0.5, 0.6) is 5.75 Å². The third-order valence-electron chi connectivity index (χ3n) is 4.49. The Morgan fingerprint density at radius 2 is 1.71 bits per heavy atom. The van der Waals surface area contributed by atoms with Crippen molar-refractivity contribution in [3.63, 3.8) is 0 Å². The number of ether oxygens (including phenoxy) is 1. The average molecular weight is 446 g/mol. The van der Waals surface area contributed by atoms with Gasteiger partial charge in [-0.2, -0.15) is 0 Å². The first-order valence-electron chi connectivity index (χ1n) is 9.19. The number of nitrogens with zero attached hydrogens (tertiary/aromatic N) is 1. The molecule has 1 amide bonds. The van der Waals surface area contributed by atoms with Crippen molar-refractivity contribution in [3.8, 4) is 5.75 Å². The molecule has 0 aliphatic carbocycles. The van der Waals surface area contributed by atoms with Crippen LogP contribution in [0.3, 0.4) is 0 Å². The van der Waals surface area contributed by atoms with Crippen LogP contribution in [0.4, 0.5) is 20.2 Å². The van der Waals surface area contributed by atoms with E-state index in [0.29, 0.717) is 11.3 Å². The number of sulfonamides is 1. The van der Waals surface area contributed by atoms with Crippen molar-refractivity contribution in [1.29, 1.82) is 0 Å². The normalized spacial score (nSPS) is 11.1. The Kier molecular flexibility index (Phi) is 6.55. The lowest BCUT2D eigenvalue weighted by Crippen LogP contribution is -2.38. The van der Waals surface area contributed by atoms with Crippen LogP contribution in [0.1, 0.15) is 5.56 Å². The first kappa shape index (κ1) is 22.2. The minimum absolute atomic E-state index is 0.00889. The Morgan fingerprint density at radius 3 is 2.32 bits per heavy atom. The van der Waals surface area contributed by atoms with Crippen LogP contribution in [0.25, 0.3) is 0 Å². The molecule has 162 valence electrons. The van der Waals surface area contributed by atoms with Crippen molar-refractivity contribution in [2.24, 2.45) is 0 Å². The fraction of sp³-hybridized carbons (Fsp3) is 0.136. The summed E-state index contributed by atoms with van der Waals surface area (Å²) in [7, 11) is -2.64. The van der Waals surface area contributed by atoms with Crippen LogP contribution < -0.4 is 14.4 Å². The van der Waals surface area contributed by atoms with Gasteiger partial charge in [0.15, 0.2) is 11.6 Å². The average Bonchev–Trinajstić information content (AvgIpc) is 2.75. The van der Waals surface area contributed by atoms with Crippen molar-refractivity contribution in [3.05, 3.63) is 83.9 Å². The van der Waals surface area contributed by atoms with Crippen molar-refractivity contribution in [2.75, 3.05) is 23.3 Å². The Hall–Kier alpha value is -3.46. The van der Waals surface area contributed by atoms with E-state index in [1.807, 2.05) is 0 Å². The van der Waals surface area contributed by atoms with Gasteiger partial charge in [0.2, 0.25) is 5.91 Å². The monoisotopic (exact) mass is 446 g/mol. The van der Waals surface area contributed by atoms with E-state index in [-0.39, 0.29) is 16.3 Å². The summed E-state index contributed by atoms with van der Waals surface area (Å²) in [6.45, 7) is 1.14. The van der Waals surface area contributed by atoms with Gasteiger partial charge in [0.1, 0.15) is 12.3 Å². The third-order valence-corrected chi connectivity index (χ3v) is 6.26. The molecule has 0 atom stereocenters. The maximum absolute atomic E-state index is 13.4. The second-order valence-electron chi connectivity index (χ2n) is 6.66. The van der Waals surface area contributed by atoms with Gasteiger partial charge in [-0.25, -0.2) is 17.2 Å². The minimum Gasteiger partial charge on any atom is -0.496 e. The smallest absolute Gasteiger partial charge is 0.264 e. The number of methoxy groups -OCH3 is 1. The standard InChI is InChI=1S/C22H20F2N2O4S/c1-15-12-18(9-11-21(15)30-2)31(28,29)26(17-6-4-3-5-7-17)14-22(27)25-16-8-10-19(23)20(24)13-16/h3-13H,14H2,1-2H3,(H,25,27). The molecule has 3 aromatic rings. The second kappa shape index (κ2) is 9.13. The van der Waals surface area contributed by atoms with Crippen molar-refractivity contribution < 1.29 is 26.7 Å². The Balaban J connectivity index is 1.94. The van der Waals surface area contributed by atoms with Crippen LogP contribution >= 0.6 is 0 Å². The van der Waals surface area contributed by atoms with Gasteiger partial charge in [-0.05, 0) is 55.0 Å². The van der Waals surface area contributed by atoms with Crippen molar-refractivity contribution >= 4 is 27.3 Å². The number of carbonyl (C=O) groups is 1. The van der Waals surface area contributed by atoms with Crippen LogP contribution in [0, 0.1) is 18.6 Å². The molecule has 3 aromatic carbocycles. The summed E-state index contributed by atoms with van der Waals surface area (Å²) in [4.78, 5) is 12.6. The number of hydrogen-bond acceptors (Lipinski definition) is 4. The zero-order valence-corrected chi connectivity index (χ0v) is 17.6. The molecule has 6 nitrogen and oxygen atoms in total. The first-order valence-corrected chi connectivity index (χ1v) is 10.6. The molecule has 0 aromatic heterocycles. The predicted molar refractivity (Wildman–Crippen MR) is 114 cm³/mol. The zero-order chi connectivity index (χ0) is 22.6. The molecule has 0 heterocycles. The summed E-state index contributed by atoms with van der Waals surface area (Å²) < 4.78 is 59.4. The lowest BCUT2D eigenvalue weighted by molar-refractivity contribution is -0.114. The van der Waals surface area contributed by atoms with Gasteiger partial charge >= 0.3 is 0 Å². The number of benzene rings is 3. The number of hydrogen-bond donors (Lipinski definition) is 1. The van der Waals surface area contributed by atoms with Crippen molar-refractivity contribution in [1.82, 2.24) is 0 Å². The van der Waals surface area contributed by atoms with E-state index in [1.54, 1.807) is 37.3 Å². The van der Waals surface area contributed by atoms with Gasteiger partial charge in [0, 0.05) is 11.8 Å². The Bertz CT molecular complexity index is 1200. The quantitative estimate of drug-likeness (QED) is 0.593.